The molecule has 0 atom stereocenters. The molecule has 2 amide bonds. The van der Waals surface area contributed by atoms with Crippen LogP contribution in [0, 0.1) is 0 Å². The molecule has 0 aliphatic rings. The van der Waals surface area contributed by atoms with E-state index in [1.54, 1.807) is 12.1 Å². The highest BCUT2D eigenvalue weighted by Gasteiger charge is 2.35. The maximum absolute atomic E-state index is 13.2. The number of benzene rings is 2. The van der Waals surface area contributed by atoms with Gasteiger partial charge in [0.1, 0.15) is 6.54 Å². The molecule has 0 aromatic heterocycles. The number of hydrogen-bond donors (Lipinski definition) is 1. The van der Waals surface area contributed by atoms with Crippen LogP contribution in [0.5, 0.6) is 0 Å². The Morgan fingerprint density at radius 3 is 2.19 bits per heavy atom. The summed E-state index contributed by atoms with van der Waals surface area (Å²) in [5.74, 6) is -1.24. The molecular formula is C19H19F3N2O2. The quantitative estimate of drug-likeness (QED) is 0.862. The Balaban J connectivity index is 2.21. The number of nitrogens with one attached hydrogen (secondary N) is 1. The van der Waals surface area contributed by atoms with Crippen molar-refractivity contribution in [2.24, 2.45) is 0 Å². The number of amides is 2. The number of carbonyl (C=O) groups is 2. The van der Waals surface area contributed by atoms with Gasteiger partial charge in [0.15, 0.2) is 0 Å². The molecule has 0 unspecified atom stereocenters. The Kier molecular flexibility index (Phi) is 6.02. The van der Waals surface area contributed by atoms with Gasteiger partial charge in [-0.3, -0.25) is 9.59 Å². The molecule has 2 aromatic carbocycles. The van der Waals surface area contributed by atoms with Gasteiger partial charge in [0.2, 0.25) is 11.8 Å². The lowest BCUT2D eigenvalue weighted by molar-refractivity contribution is -0.137. The van der Waals surface area contributed by atoms with E-state index >= 15 is 0 Å². The SMILES string of the molecule is CCc1ccc(NC(=O)CN(C(C)=O)c2ccccc2C(F)(F)F)cc1. The first-order valence-corrected chi connectivity index (χ1v) is 8.05. The summed E-state index contributed by atoms with van der Waals surface area (Å²) in [6.07, 6.45) is -3.78. The third-order valence-electron chi connectivity index (χ3n) is 3.83. The zero-order chi connectivity index (χ0) is 19.3. The van der Waals surface area contributed by atoms with Crippen molar-refractivity contribution in [1.29, 1.82) is 0 Å². The molecule has 26 heavy (non-hydrogen) atoms. The van der Waals surface area contributed by atoms with Crippen molar-refractivity contribution < 1.29 is 22.8 Å². The van der Waals surface area contributed by atoms with E-state index < -0.39 is 30.1 Å². The largest absolute Gasteiger partial charge is 0.418 e. The number of alkyl halides is 3. The van der Waals surface area contributed by atoms with E-state index in [-0.39, 0.29) is 5.69 Å². The van der Waals surface area contributed by atoms with E-state index in [1.807, 2.05) is 19.1 Å². The van der Waals surface area contributed by atoms with Gasteiger partial charge in [-0.1, -0.05) is 31.2 Å². The molecule has 0 spiro atoms. The van der Waals surface area contributed by atoms with E-state index in [2.05, 4.69) is 5.32 Å². The second-order valence-electron chi connectivity index (χ2n) is 5.72. The molecule has 0 saturated heterocycles. The minimum atomic E-state index is -4.63. The van der Waals surface area contributed by atoms with Crippen molar-refractivity contribution >= 4 is 23.2 Å². The first kappa shape index (κ1) is 19.5. The van der Waals surface area contributed by atoms with Crippen molar-refractivity contribution in [3.8, 4) is 0 Å². The molecule has 0 radical (unpaired) electrons. The van der Waals surface area contributed by atoms with Gasteiger partial charge in [-0.15, -0.1) is 0 Å². The standard InChI is InChI=1S/C19H19F3N2O2/c1-3-14-8-10-15(11-9-14)23-18(26)12-24(13(2)25)17-7-5-4-6-16(17)19(20,21)22/h4-11H,3,12H2,1-2H3,(H,23,26). The third-order valence-corrected chi connectivity index (χ3v) is 3.83. The lowest BCUT2D eigenvalue weighted by Gasteiger charge is -2.24. The van der Waals surface area contributed by atoms with Gasteiger partial charge in [0, 0.05) is 12.6 Å². The van der Waals surface area contributed by atoms with Crippen molar-refractivity contribution in [3.63, 3.8) is 0 Å². The Morgan fingerprint density at radius 2 is 1.65 bits per heavy atom. The molecule has 0 aliphatic carbocycles. The zero-order valence-electron chi connectivity index (χ0n) is 14.4. The van der Waals surface area contributed by atoms with Crippen molar-refractivity contribution in [2.75, 3.05) is 16.8 Å². The Morgan fingerprint density at radius 1 is 1.04 bits per heavy atom. The van der Waals surface area contributed by atoms with Crippen molar-refractivity contribution in [3.05, 3.63) is 59.7 Å². The second-order valence-corrected chi connectivity index (χ2v) is 5.72. The van der Waals surface area contributed by atoms with Crippen molar-refractivity contribution in [2.45, 2.75) is 26.4 Å². The lowest BCUT2D eigenvalue weighted by atomic mass is 10.1. The number of hydrogen-bond acceptors (Lipinski definition) is 2. The second kappa shape index (κ2) is 8.03. The molecule has 0 heterocycles. The minimum Gasteiger partial charge on any atom is -0.325 e. The summed E-state index contributed by atoms with van der Waals surface area (Å²) in [5.41, 5.74) is 0.298. The number of anilines is 2. The van der Waals surface area contributed by atoms with Gasteiger partial charge in [-0.2, -0.15) is 13.2 Å². The predicted octanol–water partition coefficient (Wildman–Crippen LogP) is 4.26. The average molecular weight is 364 g/mol. The molecular weight excluding hydrogens is 345 g/mol. The van der Waals surface area contributed by atoms with Crippen LogP contribution in [0.1, 0.15) is 25.0 Å². The number of aryl methyl sites for hydroxylation is 1. The van der Waals surface area contributed by atoms with Gasteiger partial charge in [-0.25, -0.2) is 0 Å². The fourth-order valence-corrected chi connectivity index (χ4v) is 2.48. The van der Waals surface area contributed by atoms with Gasteiger partial charge in [-0.05, 0) is 36.2 Å². The first-order chi connectivity index (χ1) is 12.2. The van der Waals surface area contributed by atoms with Crippen LogP contribution in [0.15, 0.2) is 48.5 Å². The van der Waals surface area contributed by atoms with E-state index in [1.165, 1.54) is 18.2 Å². The summed E-state index contributed by atoms with van der Waals surface area (Å²) in [6.45, 7) is 2.60. The average Bonchev–Trinajstić information content (AvgIpc) is 2.59. The maximum atomic E-state index is 13.2. The van der Waals surface area contributed by atoms with E-state index in [4.69, 9.17) is 0 Å². The number of carbonyl (C=O) groups excluding carboxylic acids is 2. The van der Waals surface area contributed by atoms with Gasteiger partial charge in [0.25, 0.3) is 0 Å². The number of rotatable bonds is 5. The van der Waals surface area contributed by atoms with E-state index in [0.717, 1.165) is 29.9 Å². The van der Waals surface area contributed by atoms with Crippen LogP contribution in [0.3, 0.4) is 0 Å². The van der Waals surface area contributed by atoms with Crippen LogP contribution >= 0.6 is 0 Å². The topological polar surface area (TPSA) is 49.4 Å². The molecule has 2 rings (SSSR count). The predicted molar refractivity (Wildman–Crippen MR) is 93.9 cm³/mol. The van der Waals surface area contributed by atoms with Gasteiger partial charge < -0.3 is 10.2 Å². The summed E-state index contributed by atoms with van der Waals surface area (Å²) in [4.78, 5) is 24.9. The Hall–Kier alpha value is -2.83. The molecule has 2 aromatic rings. The van der Waals surface area contributed by atoms with E-state index in [9.17, 15) is 22.8 Å². The van der Waals surface area contributed by atoms with Crippen LogP contribution in [0.2, 0.25) is 0 Å². The first-order valence-electron chi connectivity index (χ1n) is 8.05. The van der Waals surface area contributed by atoms with Crippen LogP contribution in [-0.2, 0) is 22.2 Å². The fourth-order valence-electron chi connectivity index (χ4n) is 2.48. The molecule has 0 aliphatic heterocycles. The monoisotopic (exact) mass is 364 g/mol. The van der Waals surface area contributed by atoms with Gasteiger partial charge in [0.05, 0.1) is 11.3 Å². The highest BCUT2D eigenvalue weighted by molar-refractivity contribution is 6.02. The molecule has 4 nitrogen and oxygen atoms in total. The maximum Gasteiger partial charge on any atom is 0.418 e. The van der Waals surface area contributed by atoms with Crippen LogP contribution in [-0.4, -0.2) is 18.4 Å². The number of halogens is 3. The molecule has 7 heteroatoms. The molecule has 1 N–H and O–H groups in total. The van der Waals surface area contributed by atoms with Crippen LogP contribution in [0.25, 0.3) is 0 Å². The van der Waals surface area contributed by atoms with Crippen molar-refractivity contribution in [1.82, 2.24) is 0 Å². The lowest BCUT2D eigenvalue weighted by Crippen LogP contribution is -2.37. The summed E-state index contributed by atoms with van der Waals surface area (Å²) in [7, 11) is 0. The number of nitrogens with zero attached hydrogens (tertiary/aromatic N) is 1. The summed E-state index contributed by atoms with van der Waals surface area (Å²) >= 11 is 0. The summed E-state index contributed by atoms with van der Waals surface area (Å²) in [6, 6.07) is 11.8. The summed E-state index contributed by atoms with van der Waals surface area (Å²) < 4.78 is 39.6. The smallest absolute Gasteiger partial charge is 0.325 e. The fraction of sp³-hybridized carbons (Fsp3) is 0.263. The normalized spacial score (nSPS) is 11.1. The molecule has 0 fully saturated rings. The molecule has 0 bridgehead atoms. The Bertz CT molecular complexity index is 786. The molecule has 138 valence electrons. The number of para-hydroxylation sites is 1. The molecule has 0 saturated carbocycles. The van der Waals surface area contributed by atoms with Gasteiger partial charge >= 0.3 is 6.18 Å². The minimum absolute atomic E-state index is 0.344. The van der Waals surface area contributed by atoms with E-state index in [0.29, 0.717) is 5.69 Å². The van der Waals surface area contributed by atoms with Crippen LogP contribution in [0.4, 0.5) is 24.5 Å². The summed E-state index contributed by atoms with van der Waals surface area (Å²) in [5, 5.41) is 2.59. The van der Waals surface area contributed by atoms with Crippen LogP contribution < -0.4 is 10.2 Å². The zero-order valence-corrected chi connectivity index (χ0v) is 14.4. The Labute approximate surface area is 149 Å². The third kappa shape index (κ3) is 4.84. The highest BCUT2D eigenvalue weighted by Crippen LogP contribution is 2.36. The highest BCUT2D eigenvalue weighted by atomic mass is 19.4.